The van der Waals surface area contributed by atoms with Crippen molar-refractivity contribution in [2.75, 3.05) is 31.8 Å². The van der Waals surface area contributed by atoms with Crippen LogP contribution >= 0.6 is 10.7 Å². The zero-order valence-electron chi connectivity index (χ0n) is 10.8. The van der Waals surface area contributed by atoms with E-state index in [9.17, 15) is 16.8 Å². The molecule has 0 aliphatic rings. The van der Waals surface area contributed by atoms with E-state index in [0.717, 1.165) is 6.26 Å². The molecule has 0 saturated carbocycles. The predicted octanol–water partition coefficient (Wildman–Crippen LogP) is 1.05. The van der Waals surface area contributed by atoms with E-state index < -0.39 is 18.9 Å². The van der Waals surface area contributed by atoms with Crippen LogP contribution in [0.1, 0.15) is 0 Å². The normalized spacial score (nSPS) is 12.3. The van der Waals surface area contributed by atoms with Crippen LogP contribution in [0.15, 0.2) is 29.2 Å². The topological polar surface area (TPSA) is 86.7 Å². The highest BCUT2D eigenvalue weighted by Gasteiger charge is 2.06. The van der Waals surface area contributed by atoms with Crippen molar-refractivity contribution in [2.45, 2.75) is 4.90 Å². The van der Waals surface area contributed by atoms with Crippen molar-refractivity contribution in [1.82, 2.24) is 0 Å². The number of sulfone groups is 1. The Balaban J connectivity index is 2.29. The zero-order valence-corrected chi connectivity index (χ0v) is 13.2. The van der Waals surface area contributed by atoms with Gasteiger partial charge in [-0.3, -0.25) is 0 Å². The Morgan fingerprint density at radius 1 is 1.00 bits per heavy atom. The molecule has 20 heavy (non-hydrogen) atoms. The summed E-state index contributed by atoms with van der Waals surface area (Å²) in [6.07, 6.45) is 1.13. The van der Waals surface area contributed by atoms with Crippen LogP contribution in [0.2, 0.25) is 0 Å². The minimum atomic E-state index is -3.53. The van der Waals surface area contributed by atoms with Gasteiger partial charge in [0.1, 0.15) is 12.4 Å². The summed E-state index contributed by atoms with van der Waals surface area (Å²) in [5, 5.41) is 0. The second kappa shape index (κ2) is 7.26. The zero-order chi connectivity index (χ0) is 15.2. The molecule has 9 heteroatoms. The quantitative estimate of drug-likeness (QED) is 0.518. The monoisotopic (exact) mass is 342 g/mol. The van der Waals surface area contributed by atoms with Gasteiger partial charge in [0.05, 0.1) is 23.9 Å². The SMILES string of the molecule is CS(=O)(=O)c1ccc(OCCOCCS(=O)(=O)Cl)cc1. The van der Waals surface area contributed by atoms with Gasteiger partial charge >= 0.3 is 0 Å². The minimum Gasteiger partial charge on any atom is -0.491 e. The van der Waals surface area contributed by atoms with Gasteiger partial charge in [-0.05, 0) is 24.3 Å². The summed E-state index contributed by atoms with van der Waals surface area (Å²) in [4.78, 5) is 0.216. The number of halogens is 1. The van der Waals surface area contributed by atoms with Gasteiger partial charge in [-0.1, -0.05) is 0 Å². The molecule has 0 aromatic heterocycles. The van der Waals surface area contributed by atoms with Crippen LogP contribution in [0.3, 0.4) is 0 Å². The molecule has 0 heterocycles. The van der Waals surface area contributed by atoms with Crippen LogP contribution in [0.5, 0.6) is 5.75 Å². The Bertz CT molecular complexity index is 621. The fraction of sp³-hybridized carbons (Fsp3) is 0.455. The van der Waals surface area contributed by atoms with Gasteiger partial charge in [-0.25, -0.2) is 16.8 Å². The summed E-state index contributed by atoms with van der Waals surface area (Å²) in [6, 6.07) is 5.98. The maximum Gasteiger partial charge on any atom is 0.234 e. The Morgan fingerprint density at radius 2 is 1.60 bits per heavy atom. The van der Waals surface area contributed by atoms with Crippen molar-refractivity contribution in [3.05, 3.63) is 24.3 Å². The lowest BCUT2D eigenvalue weighted by molar-refractivity contribution is 0.111. The van der Waals surface area contributed by atoms with Gasteiger partial charge in [0.2, 0.25) is 9.05 Å². The Hall–Kier alpha value is -0.830. The van der Waals surface area contributed by atoms with E-state index in [4.69, 9.17) is 20.2 Å². The molecule has 0 radical (unpaired) electrons. The van der Waals surface area contributed by atoms with E-state index in [1.54, 1.807) is 12.1 Å². The fourth-order valence-electron chi connectivity index (χ4n) is 1.26. The second-order valence-electron chi connectivity index (χ2n) is 3.95. The van der Waals surface area contributed by atoms with Crippen molar-refractivity contribution < 1.29 is 26.3 Å². The standard InChI is InChI=1S/C11H15ClO6S2/c1-19(13,14)11-4-2-10(3-5-11)18-7-6-17-8-9-20(12,15)16/h2-5H,6-9H2,1H3. The molecule has 0 N–H and O–H groups in total. The maximum absolute atomic E-state index is 11.2. The Morgan fingerprint density at radius 3 is 2.10 bits per heavy atom. The first-order valence-electron chi connectivity index (χ1n) is 5.61. The third kappa shape index (κ3) is 7.09. The molecule has 0 amide bonds. The van der Waals surface area contributed by atoms with Crippen molar-refractivity contribution in [3.8, 4) is 5.75 Å². The van der Waals surface area contributed by atoms with Crippen molar-refractivity contribution in [2.24, 2.45) is 0 Å². The smallest absolute Gasteiger partial charge is 0.234 e. The van der Waals surface area contributed by atoms with E-state index in [2.05, 4.69) is 0 Å². The first kappa shape index (κ1) is 17.2. The summed E-state index contributed by atoms with van der Waals surface area (Å²) in [6.45, 7) is 0.434. The van der Waals surface area contributed by atoms with Crippen molar-refractivity contribution in [1.29, 1.82) is 0 Å². The van der Waals surface area contributed by atoms with E-state index in [0.29, 0.717) is 5.75 Å². The lowest BCUT2D eigenvalue weighted by atomic mass is 10.3. The third-order valence-corrected chi connectivity index (χ3v) is 4.47. The van der Waals surface area contributed by atoms with Gasteiger partial charge in [-0.2, -0.15) is 0 Å². The average Bonchev–Trinajstić information content (AvgIpc) is 2.32. The van der Waals surface area contributed by atoms with Crippen LogP contribution in [-0.2, 0) is 23.6 Å². The third-order valence-electron chi connectivity index (χ3n) is 2.22. The van der Waals surface area contributed by atoms with Crippen molar-refractivity contribution >= 4 is 29.6 Å². The van der Waals surface area contributed by atoms with E-state index in [1.807, 2.05) is 0 Å². The van der Waals surface area contributed by atoms with Gasteiger partial charge in [-0.15, -0.1) is 0 Å². The first-order valence-corrected chi connectivity index (χ1v) is 9.98. The predicted molar refractivity (Wildman–Crippen MR) is 75.5 cm³/mol. The van der Waals surface area contributed by atoms with Crippen molar-refractivity contribution in [3.63, 3.8) is 0 Å². The molecule has 0 aliphatic carbocycles. The van der Waals surface area contributed by atoms with Crippen LogP contribution in [-0.4, -0.2) is 48.7 Å². The molecule has 0 aliphatic heterocycles. The highest BCUT2D eigenvalue weighted by molar-refractivity contribution is 8.13. The molecule has 0 fully saturated rings. The summed E-state index contributed by atoms with van der Waals surface area (Å²) < 4.78 is 54.0. The number of hydrogen-bond donors (Lipinski definition) is 0. The van der Waals surface area contributed by atoms with Crippen LogP contribution < -0.4 is 4.74 Å². The molecule has 6 nitrogen and oxygen atoms in total. The molecule has 114 valence electrons. The van der Waals surface area contributed by atoms with Crippen LogP contribution in [0.4, 0.5) is 0 Å². The van der Waals surface area contributed by atoms with Gasteiger partial charge in [0, 0.05) is 16.9 Å². The maximum atomic E-state index is 11.2. The van der Waals surface area contributed by atoms with Gasteiger partial charge < -0.3 is 9.47 Å². The number of benzene rings is 1. The molecule has 0 spiro atoms. The van der Waals surface area contributed by atoms with Gasteiger partial charge in [0.25, 0.3) is 0 Å². The lowest BCUT2D eigenvalue weighted by Crippen LogP contribution is -2.12. The molecular formula is C11H15ClO6S2. The van der Waals surface area contributed by atoms with E-state index in [-0.39, 0.29) is 30.5 Å². The average molecular weight is 343 g/mol. The summed E-state index contributed by atoms with van der Waals surface area (Å²) >= 11 is 0. The molecule has 1 rings (SSSR count). The molecule has 1 aromatic carbocycles. The summed E-state index contributed by atoms with van der Waals surface area (Å²) in [5.41, 5.74) is 0. The summed E-state index contributed by atoms with van der Waals surface area (Å²) in [5.74, 6) is 0.253. The first-order chi connectivity index (χ1) is 9.18. The number of rotatable bonds is 8. The fourth-order valence-corrected chi connectivity index (χ4v) is 2.40. The molecule has 0 bridgehead atoms. The number of ether oxygens (including phenoxy) is 2. The molecule has 0 atom stereocenters. The summed E-state index contributed by atoms with van der Waals surface area (Å²) in [7, 11) is -1.74. The number of hydrogen-bond acceptors (Lipinski definition) is 6. The highest BCUT2D eigenvalue weighted by atomic mass is 35.7. The highest BCUT2D eigenvalue weighted by Crippen LogP contribution is 2.15. The van der Waals surface area contributed by atoms with Gasteiger partial charge in [0.15, 0.2) is 9.84 Å². The largest absolute Gasteiger partial charge is 0.491 e. The minimum absolute atomic E-state index is 0.00219. The molecular weight excluding hydrogens is 328 g/mol. The van der Waals surface area contributed by atoms with Crippen LogP contribution in [0.25, 0.3) is 0 Å². The lowest BCUT2D eigenvalue weighted by Gasteiger charge is -2.07. The van der Waals surface area contributed by atoms with Crippen LogP contribution in [0, 0.1) is 0 Å². The molecule has 0 unspecified atom stereocenters. The Kier molecular flexibility index (Phi) is 6.25. The molecule has 0 saturated heterocycles. The molecule has 1 aromatic rings. The van der Waals surface area contributed by atoms with E-state index in [1.165, 1.54) is 12.1 Å². The Labute approximate surface area is 123 Å². The second-order valence-corrected chi connectivity index (χ2v) is 8.86. The van der Waals surface area contributed by atoms with E-state index >= 15 is 0 Å².